The van der Waals surface area contributed by atoms with Gasteiger partial charge in [-0.05, 0) is 37.6 Å². The van der Waals surface area contributed by atoms with Crippen molar-refractivity contribution in [2.45, 2.75) is 25.4 Å². The normalized spacial score (nSPS) is 25.5. The van der Waals surface area contributed by atoms with Crippen LogP contribution in [0, 0.1) is 6.92 Å². The highest BCUT2D eigenvalue weighted by Gasteiger charge is 2.52. The van der Waals surface area contributed by atoms with Gasteiger partial charge in [-0.1, -0.05) is 36.4 Å². The molecule has 0 aliphatic carbocycles. The third-order valence-electron chi connectivity index (χ3n) is 4.72. The first-order valence-corrected chi connectivity index (χ1v) is 7.40. The molecule has 0 unspecified atom stereocenters. The van der Waals surface area contributed by atoms with Crippen LogP contribution >= 0.6 is 0 Å². The minimum Gasteiger partial charge on any atom is -0.481 e. The molecule has 2 aromatic rings. The summed E-state index contributed by atoms with van der Waals surface area (Å²) in [5.74, 6) is 0.383. The molecule has 0 radical (unpaired) electrons. The molecule has 3 nitrogen and oxygen atoms in total. The van der Waals surface area contributed by atoms with Gasteiger partial charge in [-0.3, -0.25) is 4.79 Å². The van der Waals surface area contributed by atoms with Gasteiger partial charge in [0.05, 0.1) is 0 Å². The van der Waals surface area contributed by atoms with Crippen LogP contribution in [0.4, 0.5) is 5.69 Å². The molecule has 4 rings (SSSR count). The zero-order valence-electron chi connectivity index (χ0n) is 12.6. The second-order valence-corrected chi connectivity index (χ2v) is 6.20. The Hall–Kier alpha value is -2.55. The number of carbonyl (C=O) groups is 1. The maximum Gasteiger partial charge on any atom is 0.236 e. The number of benzene rings is 2. The lowest BCUT2D eigenvalue weighted by molar-refractivity contribution is -0.119. The summed E-state index contributed by atoms with van der Waals surface area (Å²) in [5.41, 5.74) is 4.10. The van der Waals surface area contributed by atoms with Crippen LogP contribution in [0.25, 0.3) is 5.57 Å². The number of carbonyl (C=O) groups excluding carboxylic acids is 1. The van der Waals surface area contributed by atoms with Crippen LogP contribution in [0.1, 0.15) is 29.5 Å². The van der Waals surface area contributed by atoms with Crippen molar-refractivity contribution in [3.8, 4) is 5.75 Å². The van der Waals surface area contributed by atoms with Gasteiger partial charge in [0.1, 0.15) is 17.3 Å². The predicted molar refractivity (Wildman–Crippen MR) is 87.1 cm³/mol. The van der Waals surface area contributed by atoms with Gasteiger partial charge in [-0.25, -0.2) is 0 Å². The zero-order valence-corrected chi connectivity index (χ0v) is 12.6. The highest BCUT2D eigenvalue weighted by Crippen LogP contribution is 2.52. The van der Waals surface area contributed by atoms with Crippen molar-refractivity contribution in [2.75, 3.05) is 5.32 Å². The fraction of sp³-hybridized carbons (Fsp3) is 0.211. The zero-order chi connectivity index (χ0) is 15.5. The Balaban J connectivity index is 1.84. The van der Waals surface area contributed by atoms with Crippen LogP contribution in [-0.4, -0.2) is 11.5 Å². The first kappa shape index (κ1) is 13.1. The summed E-state index contributed by atoms with van der Waals surface area (Å²) < 4.78 is 6.21. The maximum absolute atomic E-state index is 12.6. The van der Waals surface area contributed by atoms with Gasteiger partial charge >= 0.3 is 0 Å². The molecule has 2 atom stereocenters. The maximum atomic E-state index is 12.6. The molecule has 1 amide bonds. The number of fused-ring (bicyclic) bond motifs is 2. The quantitative estimate of drug-likeness (QED) is 0.865. The van der Waals surface area contributed by atoms with Crippen LogP contribution in [0.2, 0.25) is 0 Å². The van der Waals surface area contributed by atoms with Gasteiger partial charge < -0.3 is 10.1 Å². The lowest BCUT2D eigenvalue weighted by atomic mass is 9.78. The number of para-hydroxylation sites is 1. The van der Waals surface area contributed by atoms with Crippen LogP contribution in [0.15, 0.2) is 49.0 Å². The van der Waals surface area contributed by atoms with Crippen molar-refractivity contribution >= 4 is 17.2 Å². The molecule has 0 saturated carbocycles. The molecule has 3 heteroatoms. The van der Waals surface area contributed by atoms with Gasteiger partial charge in [0.15, 0.2) is 0 Å². The average Bonchev–Trinajstić information content (AvgIpc) is 2.95. The minimum atomic E-state index is -0.757. The van der Waals surface area contributed by atoms with E-state index in [1.807, 2.05) is 50.2 Å². The molecule has 0 fully saturated rings. The summed E-state index contributed by atoms with van der Waals surface area (Å²) in [7, 11) is 0. The fourth-order valence-corrected chi connectivity index (χ4v) is 3.51. The highest BCUT2D eigenvalue weighted by molar-refractivity contribution is 6.06. The number of hydrogen-bond donors (Lipinski definition) is 1. The standard InChI is InChI=1S/C19H17NO2/c1-11-8-9-16-14(10-11)12(2)19(3,22-16)17-13-6-4-5-7-15(13)20-18(17)21/h4-10,17H,2H2,1,3H3,(H,20,21)/t17-,19-/m1/s1. The number of hydrogen-bond acceptors (Lipinski definition) is 2. The van der Waals surface area contributed by atoms with Crippen molar-refractivity contribution in [3.05, 3.63) is 65.7 Å². The molecular formula is C19H17NO2. The Morgan fingerprint density at radius 2 is 2.00 bits per heavy atom. The number of anilines is 1. The van der Waals surface area contributed by atoms with E-state index in [2.05, 4.69) is 18.0 Å². The van der Waals surface area contributed by atoms with Crippen LogP contribution in [-0.2, 0) is 4.79 Å². The summed E-state index contributed by atoms with van der Waals surface area (Å²) in [4.78, 5) is 12.6. The summed E-state index contributed by atoms with van der Waals surface area (Å²) in [6.45, 7) is 8.23. The van der Waals surface area contributed by atoms with Crippen molar-refractivity contribution < 1.29 is 9.53 Å². The monoisotopic (exact) mass is 291 g/mol. The van der Waals surface area contributed by atoms with E-state index in [1.54, 1.807) is 0 Å². The Morgan fingerprint density at radius 3 is 2.82 bits per heavy atom. The molecule has 0 bridgehead atoms. The Morgan fingerprint density at radius 1 is 1.23 bits per heavy atom. The Bertz CT molecular complexity index is 824. The van der Waals surface area contributed by atoms with Gasteiger partial charge in [-0.2, -0.15) is 0 Å². The molecule has 2 heterocycles. The molecule has 22 heavy (non-hydrogen) atoms. The second kappa shape index (κ2) is 4.23. The van der Waals surface area contributed by atoms with E-state index in [9.17, 15) is 4.79 Å². The van der Waals surface area contributed by atoms with E-state index < -0.39 is 5.60 Å². The lowest BCUT2D eigenvalue weighted by Crippen LogP contribution is -2.40. The molecule has 2 aliphatic rings. The molecule has 2 aromatic carbocycles. The van der Waals surface area contributed by atoms with Gasteiger partial charge in [0.25, 0.3) is 0 Å². The van der Waals surface area contributed by atoms with Gasteiger partial charge in [0.2, 0.25) is 5.91 Å². The lowest BCUT2D eigenvalue weighted by Gasteiger charge is -2.30. The third kappa shape index (κ3) is 1.59. The number of rotatable bonds is 1. The molecule has 1 N–H and O–H groups in total. The van der Waals surface area contributed by atoms with Crippen LogP contribution in [0.5, 0.6) is 5.75 Å². The minimum absolute atomic E-state index is 0.0330. The Labute approximate surface area is 129 Å². The fourth-order valence-electron chi connectivity index (χ4n) is 3.51. The van der Waals surface area contributed by atoms with Crippen molar-refractivity contribution in [1.82, 2.24) is 0 Å². The molecular weight excluding hydrogens is 274 g/mol. The van der Waals surface area contributed by atoms with Crippen molar-refractivity contribution in [1.29, 1.82) is 0 Å². The number of nitrogens with one attached hydrogen (secondary N) is 1. The van der Waals surface area contributed by atoms with E-state index in [0.717, 1.165) is 33.7 Å². The second-order valence-electron chi connectivity index (χ2n) is 6.20. The van der Waals surface area contributed by atoms with Gasteiger partial charge in [0, 0.05) is 16.8 Å². The van der Waals surface area contributed by atoms with Crippen LogP contribution < -0.4 is 10.1 Å². The van der Waals surface area contributed by atoms with E-state index >= 15 is 0 Å². The number of ether oxygens (including phenoxy) is 1. The smallest absolute Gasteiger partial charge is 0.236 e. The van der Waals surface area contributed by atoms with E-state index in [1.165, 1.54) is 0 Å². The topological polar surface area (TPSA) is 38.3 Å². The van der Waals surface area contributed by atoms with E-state index in [-0.39, 0.29) is 11.8 Å². The highest BCUT2D eigenvalue weighted by atomic mass is 16.5. The van der Waals surface area contributed by atoms with E-state index in [0.29, 0.717) is 0 Å². The molecule has 110 valence electrons. The number of amides is 1. The average molecular weight is 291 g/mol. The SMILES string of the molecule is C=C1c2cc(C)ccc2O[C@@]1(C)[C@H]1C(=O)Nc2ccccc21. The van der Waals surface area contributed by atoms with Crippen LogP contribution in [0.3, 0.4) is 0 Å². The molecule has 2 aliphatic heterocycles. The van der Waals surface area contributed by atoms with Gasteiger partial charge in [-0.15, -0.1) is 0 Å². The summed E-state index contributed by atoms with van der Waals surface area (Å²) in [5, 5.41) is 2.95. The first-order chi connectivity index (χ1) is 10.5. The summed E-state index contributed by atoms with van der Waals surface area (Å²) >= 11 is 0. The molecule has 0 spiro atoms. The molecule has 0 aromatic heterocycles. The Kier molecular flexibility index (Phi) is 2.52. The van der Waals surface area contributed by atoms with E-state index in [4.69, 9.17) is 4.74 Å². The largest absolute Gasteiger partial charge is 0.481 e. The number of aryl methyl sites for hydroxylation is 1. The van der Waals surface area contributed by atoms with Crippen molar-refractivity contribution in [2.24, 2.45) is 0 Å². The first-order valence-electron chi connectivity index (χ1n) is 7.40. The third-order valence-corrected chi connectivity index (χ3v) is 4.72. The predicted octanol–water partition coefficient (Wildman–Crippen LogP) is 3.90. The summed E-state index contributed by atoms with van der Waals surface area (Å²) in [6.07, 6.45) is 0. The molecule has 0 saturated heterocycles. The van der Waals surface area contributed by atoms with Crippen molar-refractivity contribution in [3.63, 3.8) is 0 Å². The summed E-state index contributed by atoms with van der Waals surface area (Å²) in [6, 6.07) is 13.8.